The van der Waals surface area contributed by atoms with E-state index in [-0.39, 0.29) is 5.78 Å². The molecule has 1 rings (SSSR count). The Balaban J connectivity index is 2.99. The molecular weight excluding hydrogens is 202 g/mol. The Morgan fingerprint density at radius 2 is 2.25 bits per heavy atom. The number of hydrogen-bond acceptors (Lipinski definition) is 3. The highest BCUT2D eigenvalue weighted by atomic mass is 16.1. The maximum absolute atomic E-state index is 12.3. The van der Waals surface area contributed by atoms with E-state index in [0.29, 0.717) is 12.4 Å². The van der Waals surface area contributed by atoms with Gasteiger partial charge in [-0.2, -0.15) is 0 Å². The summed E-state index contributed by atoms with van der Waals surface area (Å²) in [4.78, 5) is 16.5. The Hall–Kier alpha value is -1.16. The van der Waals surface area contributed by atoms with Gasteiger partial charge in [0.2, 0.25) is 5.78 Å². The number of aryl methyl sites for hydroxylation is 1. The molecule has 0 fully saturated rings. The summed E-state index contributed by atoms with van der Waals surface area (Å²) < 4.78 is 1.91. The minimum absolute atomic E-state index is 0.0518. The van der Waals surface area contributed by atoms with Crippen LogP contribution in [-0.2, 0) is 6.54 Å². The van der Waals surface area contributed by atoms with E-state index >= 15 is 0 Å². The van der Waals surface area contributed by atoms with Gasteiger partial charge in [0.1, 0.15) is 0 Å². The second kappa shape index (κ2) is 5.25. The Labute approximate surface area is 96.9 Å². The fraction of sp³-hybridized carbons (Fsp3) is 0.667. The van der Waals surface area contributed by atoms with Crippen molar-refractivity contribution in [3.05, 3.63) is 18.2 Å². The first-order chi connectivity index (χ1) is 7.59. The average Bonchev–Trinajstić information content (AvgIpc) is 2.75. The van der Waals surface area contributed by atoms with Crippen LogP contribution in [0.4, 0.5) is 0 Å². The number of carbonyl (C=O) groups excluding carboxylic acids is 1. The third kappa shape index (κ3) is 2.32. The molecule has 0 aliphatic heterocycles. The van der Waals surface area contributed by atoms with Gasteiger partial charge in [-0.3, -0.25) is 4.79 Å². The topological polar surface area (TPSA) is 60.9 Å². The Morgan fingerprint density at radius 1 is 1.56 bits per heavy atom. The zero-order chi connectivity index (χ0) is 12.2. The van der Waals surface area contributed by atoms with Crippen molar-refractivity contribution in [2.45, 2.75) is 40.2 Å². The fourth-order valence-electron chi connectivity index (χ4n) is 1.61. The summed E-state index contributed by atoms with van der Waals surface area (Å²) in [5.41, 5.74) is 5.20. The predicted octanol–water partition coefficient (Wildman–Crippen LogP) is 1.85. The molecule has 0 saturated heterocycles. The fourth-order valence-corrected chi connectivity index (χ4v) is 1.61. The highest BCUT2D eigenvalue weighted by Gasteiger charge is 2.33. The van der Waals surface area contributed by atoms with E-state index in [1.165, 1.54) is 0 Å². The zero-order valence-corrected chi connectivity index (χ0v) is 10.4. The van der Waals surface area contributed by atoms with E-state index in [2.05, 4.69) is 11.9 Å². The smallest absolute Gasteiger partial charge is 0.205 e. The SMILES string of the molecule is CCCn1ccnc1C(=O)C(C)(CC)CN. The van der Waals surface area contributed by atoms with Crippen LogP contribution in [0.2, 0.25) is 0 Å². The van der Waals surface area contributed by atoms with E-state index in [4.69, 9.17) is 5.73 Å². The molecule has 4 nitrogen and oxygen atoms in total. The van der Waals surface area contributed by atoms with Crippen molar-refractivity contribution in [2.24, 2.45) is 11.1 Å². The summed E-state index contributed by atoms with van der Waals surface area (Å²) in [6.45, 7) is 7.15. The summed E-state index contributed by atoms with van der Waals surface area (Å²) in [5, 5.41) is 0. The molecule has 2 N–H and O–H groups in total. The van der Waals surface area contributed by atoms with E-state index in [0.717, 1.165) is 19.4 Å². The molecule has 0 aliphatic carbocycles. The molecule has 1 atom stereocenters. The Kier molecular flexibility index (Phi) is 4.24. The summed E-state index contributed by atoms with van der Waals surface area (Å²) >= 11 is 0. The lowest BCUT2D eigenvalue weighted by Gasteiger charge is -2.24. The van der Waals surface area contributed by atoms with Gasteiger partial charge in [-0.1, -0.05) is 20.8 Å². The zero-order valence-electron chi connectivity index (χ0n) is 10.4. The van der Waals surface area contributed by atoms with E-state index in [1.54, 1.807) is 6.20 Å². The van der Waals surface area contributed by atoms with Gasteiger partial charge in [-0.25, -0.2) is 4.98 Å². The number of aromatic nitrogens is 2. The van der Waals surface area contributed by atoms with Gasteiger partial charge >= 0.3 is 0 Å². The van der Waals surface area contributed by atoms with Crippen LogP contribution < -0.4 is 5.73 Å². The molecule has 90 valence electrons. The summed E-state index contributed by atoms with van der Waals surface area (Å²) in [7, 11) is 0. The van der Waals surface area contributed by atoms with Crippen molar-refractivity contribution in [3.8, 4) is 0 Å². The minimum Gasteiger partial charge on any atom is -0.329 e. The van der Waals surface area contributed by atoms with Crippen molar-refractivity contribution in [1.29, 1.82) is 0 Å². The number of ketones is 1. The molecule has 1 unspecified atom stereocenters. The third-order valence-corrected chi connectivity index (χ3v) is 3.16. The van der Waals surface area contributed by atoms with Gasteiger partial charge in [0.25, 0.3) is 0 Å². The minimum atomic E-state index is -0.489. The highest BCUT2D eigenvalue weighted by molar-refractivity contribution is 5.97. The first kappa shape index (κ1) is 12.9. The van der Waals surface area contributed by atoms with Crippen molar-refractivity contribution in [2.75, 3.05) is 6.54 Å². The predicted molar refractivity (Wildman–Crippen MR) is 64.3 cm³/mol. The number of nitrogens with zero attached hydrogens (tertiary/aromatic N) is 2. The van der Waals surface area contributed by atoms with Gasteiger partial charge in [0.15, 0.2) is 5.82 Å². The van der Waals surface area contributed by atoms with Crippen LogP contribution in [-0.4, -0.2) is 21.9 Å². The number of nitrogens with two attached hydrogens (primary N) is 1. The van der Waals surface area contributed by atoms with Crippen molar-refractivity contribution < 1.29 is 4.79 Å². The number of rotatable bonds is 6. The first-order valence-electron chi connectivity index (χ1n) is 5.85. The molecular formula is C12H21N3O. The number of imidazole rings is 1. The number of hydrogen-bond donors (Lipinski definition) is 1. The maximum atomic E-state index is 12.3. The van der Waals surface area contributed by atoms with Crippen LogP contribution in [0.5, 0.6) is 0 Å². The Morgan fingerprint density at radius 3 is 2.75 bits per heavy atom. The van der Waals surface area contributed by atoms with E-state index < -0.39 is 5.41 Å². The van der Waals surface area contributed by atoms with Crippen LogP contribution in [0.25, 0.3) is 0 Å². The van der Waals surface area contributed by atoms with Crippen LogP contribution in [0.15, 0.2) is 12.4 Å². The lowest BCUT2D eigenvalue weighted by atomic mass is 9.82. The largest absolute Gasteiger partial charge is 0.329 e. The standard InChI is InChI=1S/C12H21N3O/c1-4-7-15-8-6-14-11(15)10(16)12(3,5-2)9-13/h6,8H,4-5,7,9,13H2,1-3H3. The quantitative estimate of drug-likeness (QED) is 0.749. The van der Waals surface area contributed by atoms with E-state index in [1.807, 2.05) is 24.6 Å². The molecule has 0 spiro atoms. The van der Waals surface area contributed by atoms with Gasteiger partial charge in [0.05, 0.1) is 0 Å². The molecule has 0 aliphatic rings. The molecule has 0 saturated carbocycles. The second-order valence-corrected chi connectivity index (χ2v) is 4.39. The van der Waals surface area contributed by atoms with Crippen molar-refractivity contribution in [1.82, 2.24) is 9.55 Å². The second-order valence-electron chi connectivity index (χ2n) is 4.39. The first-order valence-corrected chi connectivity index (χ1v) is 5.85. The summed E-state index contributed by atoms with van der Waals surface area (Å²) in [6.07, 6.45) is 5.25. The number of carbonyl (C=O) groups is 1. The van der Waals surface area contributed by atoms with Gasteiger partial charge < -0.3 is 10.3 Å². The van der Waals surface area contributed by atoms with E-state index in [9.17, 15) is 4.79 Å². The van der Waals surface area contributed by atoms with Crippen molar-refractivity contribution >= 4 is 5.78 Å². The average molecular weight is 223 g/mol. The van der Waals surface area contributed by atoms with Gasteiger partial charge in [0, 0.05) is 30.9 Å². The maximum Gasteiger partial charge on any atom is 0.205 e. The molecule has 1 aromatic heterocycles. The highest BCUT2D eigenvalue weighted by Crippen LogP contribution is 2.24. The molecule has 1 heterocycles. The molecule has 0 amide bonds. The number of Topliss-reactive ketones (excluding diaryl/α,β-unsaturated/α-hetero) is 1. The van der Waals surface area contributed by atoms with Crippen LogP contribution in [0, 0.1) is 5.41 Å². The lowest BCUT2D eigenvalue weighted by molar-refractivity contribution is 0.0803. The van der Waals surface area contributed by atoms with Gasteiger partial charge in [-0.05, 0) is 12.8 Å². The molecule has 0 bridgehead atoms. The normalized spacial score (nSPS) is 14.8. The summed E-state index contributed by atoms with van der Waals surface area (Å²) in [5.74, 6) is 0.590. The van der Waals surface area contributed by atoms with Gasteiger partial charge in [-0.15, -0.1) is 0 Å². The summed E-state index contributed by atoms with van der Waals surface area (Å²) in [6, 6.07) is 0. The molecule has 4 heteroatoms. The third-order valence-electron chi connectivity index (χ3n) is 3.16. The van der Waals surface area contributed by atoms with Crippen LogP contribution in [0.1, 0.15) is 44.2 Å². The molecule has 0 aromatic carbocycles. The lowest BCUT2D eigenvalue weighted by Crippen LogP contribution is -2.36. The molecule has 1 aromatic rings. The Bertz CT molecular complexity index is 353. The molecule has 0 radical (unpaired) electrons. The monoisotopic (exact) mass is 223 g/mol. The van der Waals surface area contributed by atoms with Crippen LogP contribution >= 0.6 is 0 Å². The molecule has 16 heavy (non-hydrogen) atoms. The van der Waals surface area contributed by atoms with Crippen LogP contribution in [0.3, 0.4) is 0 Å². The van der Waals surface area contributed by atoms with Crippen molar-refractivity contribution in [3.63, 3.8) is 0 Å².